The van der Waals surface area contributed by atoms with Gasteiger partial charge in [0.05, 0.1) is 29.0 Å². The number of amides is 1. The number of nitrogens with zero attached hydrogens (tertiary/aromatic N) is 2. The molecule has 3 rings (SSSR count). The summed E-state index contributed by atoms with van der Waals surface area (Å²) in [6.45, 7) is 0.327. The maximum absolute atomic E-state index is 12.1. The molecule has 3 aromatic rings. The molecule has 20 heavy (non-hydrogen) atoms. The summed E-state index contributed by atoms with van der Waals surface area (Å²) in [7, 11) is 0. The number of anilines is 1. The molecular weight excluding hydrogens is 298 g/mol. The Morgan fingerprint density at radius 3 is 3.10 bits per heavy atom. The number of hydrogen-bond acceptors (Lipinski definition) is 5. The Kier molecular flexibility index (Phi) is 3.29. The molecule has 0 aliphatic rings. The van der Waals surface area contributed by atoms with Crippen molar-refractivity contribution in [3.05, 3.63) is 40.0 Å². The lowest BCUT2D eigenvalue weighted by molar-refractivity contribution is 0.0950. The van der Waals surface area contributed by atoms with Crippen LogP contribution < -0.4 is 11.1 Å². The van der Waals surface area contributed by atoms with Crippen LogP contribution in [0, 0.1) is 0 Å². The number of aromatic nitrogens is 3. The van der Waals surface area contributed by atoms with Gasteiger partial charge in [0.25, 0.3) is 5.91 Å². The standard InChI is InChI=1S/C12H10ClN5OS/c13-9-2-6(1-7-3-16-18-10(7)9)11(19)15-4-8-5-20-12(14)17-8/h1-3,5H,4H2,(H2,14,17)(H,15,19)(H,16,18). The molecule has 1 aromatic carbocycles. The van der Waals surface area contributed by atoms with Gasteiger partial charge in [-0.05, 0) is 12.1 Å². The molecule has 0 unspecified atom stereocenters. The number of hydrogen-bond donors (Lipinski definition) is 3. The SMILES string of the molecule is Nc1nc(CNC(=O)c2cc(Cl)c3[nH]ncc3c2)cs1. The monoisotopic (exact) mass is 307 g/mol. The van der Waals surface area contributed by atoms with E-state index in [1.54, 1.807) is 18.3 Å². The minimum atomic E-state index is -0.221. The number of fused-ring (bicyclic) bond motifs is 1. The van der Waals surface area contributed by atoms with Crippen molar-refractivity contribution in [2.75, 3.05) is 5.73 Å². The predicted octanol–water partition coefficient (Wildman–Crippen LogP) is 2.18. The van der Waals surface area contributed by atoms with Gasteiger partial charge in [-0.2, -0.15) is 5.10 Å². The van der Waals surface area contributed by atoms with E-state index in [1.807, 2.05) is 5.38 Å². The molecule has 8 heteroatoms. The Bertz CT molecular complexity index is 781. The number of carbonyl (C=O) groups excluding carboxylic acids is 1. The normalized spacial score (nSPS) is 10.8. The second-order valence-electron chi connectivity index (χ2n) is 4.15. The third kappa shape index (κ3) is 2.45. The molecule has 1 amide bonds. The van der Waals surface area contributed by atoms with Gasteiger partial charge in [0.15, 0.2) is 5.13 Å². The minimum absolute atomic E-state index is 0.221. The molecule has 2 aromatic heterocycles. The largest absolute Gasteiger partial charge is 0.375 e. The van der Waals surface area contributed by atoms with Crippen LogP contribution in [0.15, 0.2) is 23.7 Å². The van der Waals surface area contributed by atoms with E-state index >= 15 is 0 Å². The Hall–Kier alpha value is -2.12. The van der Waals surface area contributed by atoms with E-state index in [-0.39, 0.29) is 5.91 Å². The molecule has 102 valence electrons. The lowest BCUT2D eigenvalue weighted by Gasteiger charge is -2.04. The van der Waals surface area contributed by atoms with E-state index in [0.29, 0.717) is 22.3 Å². The fraction of sp³-hybridized carbons (Fsp3) is 0.0833. The van der Waals surface area contributed by atoms with Crippen LogP contribution in [0.25, 0.3) is 10.9 Å². The highest BCUT2D eigenvalue weighted by molar-refractivity contribution is 7.13. The summed E-state index contributed by atoms with van der Waals surface area (Å²) in [4.78, 5) is 16.2. The Balaban J connectivity index is 1.78. The lowest BCUT2D eigenvalue weighted by atomic mass is 10.1. The number of nitrogen functional groups attached to an aromatic ring is 1. The van der Waals surface area contributed by atoms with E-state index in [0.717, 1.165) is 16.6 Å². The number of nitrogens with one attached hydrogen (secondary N) is 2. The Morgan fingerprint density at radius 1 is 1.50 bits per heavy atom. The zero-order valence-electron chi connectivity index (χ0n) is 10.2. The van der Waals surface area contributed by atoms with Gasteiger partial charge in [-0.3, -0.25) is 9.89 Å². The molecule has 0 saturated heterocycles. The molecule has 0 aliphatic carbocycles. The molecule has 0 saturated carbocycles. The van der Waals surface area contributed by atoms with Crippen molar-refractivity contribution in [3.63, 3.8) is 0 Å². The van der Waals surface area contributed by atoms with Crippen molar-refractivity contribution in [2.45, 2.75) is 6.54 Å². The molecule has 0 radical (unpaired) electrons. The zero-order chi connectivity index (χ0) is 14.1. The van der Waals surface area contributed by atoms with E-state index < -0.39 is 0 Å². The second-order valence-corrected chi connectivity index (χ2v) is 5.45. The molecule has 6 nitrogen and oxygen atoms in total. The summed E-state index contributed by atoms with van der Waals surface area (Å²) >= 11 is 7.43. The topological polar surface area (TPSA) is 96.7 Å². The fourth-order valence-electron chi connectivity index (χ4n) is 1.82. The van der Waals surface area contributed by atoms with Crippen molar-refractivity contribution in [2.24, 2.45) is 0 Å². The molecular formula is C12H10ClN5OS. The van der Waals surface area contributed by atoms with Crippen LogP contribution in [-0.2, 0) is 6.54 Å². The smallest absolute Gasteiger partial charge is 0.251 e. The molecule has 0 aliphatic heterocycles. The number of thiazole rings is 1. The van der Waals surface area contributed by atoms with Crippen LogP contribution >= 0.6 is 22.9 Å². The third-order valence-electron chi connectivity index (χ3n) is 2.76. The lowest BCUT2D eigenvalue weighted by Crippen LogP contribution is -2.22. The second kappa shape index (κ2) is 5.10. The molecule has 0 atom stereocenters. The molecule has 0 fully saturated rings. The van der Waals surface area contributed by atoms with Crippen LogP contribution in [-0.4, -0.2) is 21.1 Å². The summed E-state index contributed by atoms with van der Waals surface area (Å²) in [5.74, 6) is -0.221. The highest BCUT2D eigenvalue weighted by Crippen LogP contribution is 2.23. The minimum Gasteiger partial charge on any atom is -0.375 e. The summed E-state index contributed by atoms with van der Waals surface area (Å²) in [6.07, 6.45) is 1.62. The zero-order valence-corrected chi connectivity index (χ0v) is 11.8. The fourth-order valence-corrected chi connectivity index (χ4v) is 2.65. The predicted molar refractivity (Wildman–Crippen MR) is 78.8 cm³/mol. The van der Waals surface area contributed by atoms with Gasteiger partial charge in [0, 0.05) is 16.3 Å². The first-order valence-electron chi connectivity index (χ1n) is 5.74. The quantitative estimate of drug-likeness (QED) is 0.691. The van der Waals surface area contributed by atoms with Crippen molar-refractivity contribution >= 4 is 44.9 Å². The third-order valence-corrected chi connectivity index (χ3v) is 3.78. The van der Waals surface area contributed by atoms with E-state index in [1.165, 1.54) is 11.3 Å². The van der Waals surface area contributed by atoms with E-state index in [2.05, 4.69) is 20.5 Å². The Morgan fingerprint density at radius 2 is 2.35 bits per heavy atom. The van der Waals surface area contributed by atoms with Crippen LogP contribution in [0.5, 0.6) is 0 Å². The maximum atomic E-state index is 12.1. The summed E-state index contributed by atoms with van der Waals surface area (Å²) in [5.41, 5.74) is 7.46. The summed E-state index contributed by atoms with van der Waals surface area (Å²) in [6, 6.07) is 3.34. The van der Waals surface area contributed by atoms with Crippen LogP contribution in [0.2, 0.25) is 5.02 Å². The number of aromatic amines is 1. The van der Waals surface area contributed by atoms with Gasteiger partial charge < -0.3 is 11.1 Å². The maximum Gasteiger partial charge on any atom is 0.251 e. The number of H-pyrrole nitrogens is 1. The first kappa shape index (κ1) is 12.9. The van der Waals surface area contributed by atoms with Crippen LogP contribution in [0.1, 0.15) is 16.1 Å². The first-order valence-corrected chi connectivity index (χ1v) is 7.00. The van der Waals surface area contributed by atoms with Gasteiger partial charge in [-0.1, -0.05) is 11.6 Å². The summed E-state index contributed by atoms with van der Waals surface area (Å²) < 4.78 is 0. The number of halogens is 1. The van der Waals surface area contributed by atoms with Crippen molar-refractivity contribution in [1.29, 1.82) is 0 Å². The molecule has 4 N–H and O–H groups in total. The van der Waals surface area contributed by atoms with Gasteiger partial charge in [-0.15, -0.1) is 11.3 Å². The van der Waals surface area contributed by atoms with Gasteiger partial charge in [0.1, 0.15) is 0 Å². The summed E-state index contributed by atoms with van der Waals surface area (Å²) in [5, 5.41) is 13.0. The van der Waals surface area contributed by atoms with Crippen LogP contribution in [0.3, 0.4) is 0 Å². The van der Waals surface area contributed by atoms with Gasteiger partial charge in [-0.25, -0.2) is 4.98 Å². The van der Waals surface area contributed by atoms with Crippen LogP contribution in [0.4, 0.5) is 5.13 Å². The molecule has 0 bridgehead atoms. The van der Waals surface area contributed by atoms with E-state index in [9.17, 15) is 4.79 Å². The average Bonchev–Trinajstić information content (AvgIpc) is 3.04. The number of benzene rings is 1. The average molecular weight is 308 g/mol. The van der Waals surface area contributed by atoms with Gasteiger partial charge in [0.2, 0.25) is 0 Å². The number of carbonyl (C=O) groups is 1. The number of nitrogens with two attached hydrogens (primary N) is 1. The van der Waals surface area contributed by atoms with Crippen molar-refractivity contribution in [1.82, 2.24) is 20.5 Å². The highest BCUT2D eigenvalue weighted by atomic mass is 35.5. The highest BCUT2D eigenvalue weighted by Gasteiger charge is 2.11. The number of rotatable bonds is 3. The van der Waals surface area contributed by atoms with Crippen molar-refractivity contribution in [3.8, 4) is 0 Å². The first-order chi connectivity index (χ1) is 9.63. The van der Waals surface area contributed by atoms with Gasteiger partial charge >= 0.3 is 0 Å². The molecule has 0 spiro atoms. The molecule has 2 heterocycles. The van der Waals surface area contributed by atoms with Crippen molar-refractivity contribution < 1.29 is 4.79 Å². The van der Waals surface area contributed by atoms with E-state index in [4.69, 9.17) is 17.3 Å². The Labute approximate surface area is 123 Å².